The van der Waals surface area contributed by atoms with Crippen LogP contribution in [0, 0.1) is 5.41 Å². The molecule has 2 rings (SSSR count). The lowest BCUT2D eigenvalue weighted by Gasteiger charge is -2.22. The van der Waals surface area contributed by atoms with Crippen molar-refractivity contribution in [1.82, 2.24) is 30.7 Å². The first kappa shape index (κ1) is 19.9. The van der Waals surface area contributed by atoms with Crippen molar-refractivity contribution in [3.63, 3.8) is 0 Å². The summed E-state index contributed by atoms with van der Waals surface area (Å²) in [6.45, 7) is 0.427. The molecule has 6 N–H and O–H groups in total. The van der Waals surface area contributed by atoms with E-state index in [1.54, 1.807) is 43.1 Å². The molecule has 0 saturated carbocycles. The molecule has 0 atom stereocenters. The summed E-state index contributed by atoms with van der Waals surface area (Å²) in [5.74, 6) is -0.521. The van der Waals surface area contributed by atoms with E-state index in [1.165, 1.54) is 6.08 Å². The number of rotatable bonds is 9. The molecule has 9 heteroatoms. The van der Waals surface area contributed by atoms with Gasteiger partial charge in [0.1, 0.15) is 5.84 Å². The van der Waals surface area contributed by atoms with Crippen molar-refractivity contribution in [3.05, 3.63) is 66.0 Å². The molecule has 0 aliphatic heterocycles. The molecule has 0 fully saturated rings. The van der Waals surface area contributed by atoms with Gasteiger partial charge in [-0.3, -0.25) is 15.2 Å². The molecule has 0 spiro atoms. The number of hydrogen-bond acceptors (Lipinski definition) is 6. The molecule has 2 aromatic heterocycles. The maximum absolute atomic E-state index is 12.6. The van der Waals surface area contributed by atoms with E-state index in [9.17, 15) is 4.79 Å². The van der Waals surface area contributed by atoms with E-state index in [-0.39, 0.29) is 17.3 Å². The van der Waals surface area contributed by atoms with Gasteiger partial charge in [0.05, 0.1) is 12.0 Å². The molecule has 2 aromatic rings. The third-order valence-electron chi connectivity index (χ3n) is 3.77. The third-order valence-corrected chi connectivity index (χ3v) is 3.77. The normalized spacial score (nSPS) is 11.9. The second kappa shape index (κ2) is 9.88. The molecule has 1 amide bonds. The zero-order chi connectivity index (χ0) is 19.6. The van der Waals surface area contributed by atoms with Crippen LogP contribution in [0.1, 0.15) is 11.3 Å². The highest BCUT2D eigenvalue weighted by molar-refractivity contribution is 6.04. The molecule has 0 radical (unpaired) electrons. The Balaban J connectivity index is 2.23. The van der Waals surface area contributed by atoms with Gasteiger partial charge in [-0.05, 0) is 24.3 Å². The summed E-state index contributed by atoms with van der Waals surface area (Å²) in [6.07, 6.45) is 10.3. The highest BCUT2D eigenvalue weighted by atomic mass is 16.1. The van der Waals surface area contributed by atoms with Gasteiger partial charge in [-0.15, -0.1) is 0 Å². The Morgan fingerprint density at radius 1 is 1.33 bits per heavy atom. The Hall–Kier alpha value is -3.46. The summed E-state index contributed by atoms with van der Waals surface area (Å²) < 4.78 is 0. The van der Waals surface area contributed by atoms with Gasteiger partial charge in [0.25, 0.3) is 5.91 Å². The van der Waals surface area contributed by atoms with Crippen LogP contribution in [0.15, 0.2) is 54.8 Å². The number of carbonyl (C=O) groups excluding carboxylic acids is 1. The summed E-state index contributed by atoms with van der Waals surface area (Å²) in [5, 5.41) is 12.2. The van der Waals surface area contributed by atoms with Gasteiger partial charge < -0.3 is 21.0 Å². The van der Waals surface area contributed by atoms with Crippen LogP contribution in [0.25, 0.3) is 5.70 Å². The summed E-state index contributed by atoms with van der Waals surface area (Å²) in [7, 11) is 3.60. The minimum Gasteiger partial charge on any atom is -0.384 e. The maximum atomic E-state index is 12.6. The molecule has 0 aliphatic rings. The standard InChI is InChI=1S/C18H24N8O/c1-21-26(2)16(13-3-6-22-7-4-13)9-14(10-17(19)20)18(27)24-8-5-15-11-23-12-25-15/h3-4,6-7,9-12,21H,5,8H2,1-2H3,(H3,19,20)(H,23,25)(H,24,27)/b14-10-,16-9-. The van der Waals surface area contributed by atoms with Crippen LogP contribution in [0.3, 0.4) is 0 Å². The Labute approximate surface area is 157 Å². The number of aromatic amines is 1. The zero-order valence-corrected chi connectivity index (χ0v) is 15.4. The van der Waals surface area contributed by atoms with Crippen LogP contribution < -0.4 is 16.5 Å². The van der Waals surface area contributed by atoms with E-state index in [4.69, 9.17) is 11.1 Å². The monoisotopic (exact) mass is 368 g/mol. The third kappa shape index (κ3) is 6.08. The lowest BCUT2D eigenvalue weighted by Crippen LogP contribution is -2.31. The van der Waals surface area contributed by atoms with Gasteiger partial charge in [0, 0.05) is 62.5 Å². The number of hydrazine groups is 1. The lowest BCUT2D eigenvalue weighted by molar-refractivity contribution is -0.117. The number of imidazole rings is 1. The molecule has 0 saturated heterocycles. The van der Waals surface area contributed by atoms with E-state index in [1.807, 2.05) is 19.2 Å². The number of nitrogens with one attached hydrogen (secondary N) is 4. The zero-order valence-electron chi connectivity index (χ0n) is 15.4. The van der Waals surface area contributed by atoms with E-state index in [0.717, 1.165) is 17.0 Å². The van der Waals surface area contributed by atoms with Gasteiger partial charge in [-0.2, -0.15) is 0 Å². The molecule has 142 valence electrons. The quantitative estimate of drug-likeness (QED) is 0.143. The largest absolute Gasteiger partial charge is 0.384 e. The number of H-pyrrole nitrogens is 1. The average molecular weight is 368 g/mol. The highest BCUT2D eigenvalue weighted by Gasteiger charge is 2.13. The number of hydrogen-bond donors (Lipinski definition) is 5. The SMILES string of the molecule is CNN(C)/C(=C\C(=C\C(=N)N)C(=O)NCCc1cnc[nH]1)c1ccncc1. The van der Waals surface area contributed by atoms with E-state index >= 15 is 0 Å². The van der Waals surface area contributed by atoms with Gasteiger partial charge >= 0.3 is 0 Å². The Bertz CT molecular complexity index is 811. The van der Waals surface area contributed by atoms with Crippen LogP contribution in [-0.2, 0) is 11.2 Å². The molecule has 9 nitrogen and oxygen atoms in total. The van der Waals surface area contributed by atoms with Crippen molar-refractivity contribution >= 4 is 17.4 Å². The Morgan fingerprint density at radius 3 is 2.67 bits per heavy atom. The summed E-state index contributed by atoms with van der Waals surface area (Å²) in [6, 6.07) is 3.67. The number of nitrogens with two attached hydrogens (primary N) is 1. The van der Waals surface area contributed by atoms with E-state index < -0.39 is 0 Å². The van der Waals surface area contributed by atoms with Crippen molar-refractivity contribution < 1.29 is 4.79 Å². The molecule has 0 unspecified atom stereocenters. The van der Waals surface area contributed by atoms with Crippen molar-refractivity contribution in [2.24, 2.45) is 5.73 Å². The summed E-state index contributed by atoms with van der Waals surface area (Å²) in [5.41, 5.74) is 11.3. The average Bonchev–Trinajstić information content (AvgIpc) is 3.18. The molecular weight excluding hydrogens is 344 g/mol. The topological polar surface area (TPSA) is 136 Å². The minimum atomic E-state index is -0.319. The van der Waals surface area contributed by atoms with Gasteiger partial charge in [-0.1, -0.05) is 0 Å². The van der Waals surface area contributed by atoms with Crippen molar-refractivity contribution in [1.29, 1.82) is 5.41 Å². The molecule has 0 aromatic carbocycles. The van der Waals surface area contributed by atoms with Crippen molar-refractivity contribution in [3.8, 4) is 0 Å². The van der Waals surface area contributed by atoms with Crippen LogP contribution >= 0.6 is 0 Å². The second-order valence-corrected chi connectivity index (χ2v) is 5.69. The van der Waals surface area contributed by atoms with Gasteiger partial charge in [-0.25, -0.2) is 10.4 Å². The number of amides is 1. The Kier molecular flexibility index (Phi) is 7.26. The first-order chi connectivity index (χ1) is 13.0. The van der Waals surface area contributed by atoms with Gasteiger partial charge in [0.15, 0.2) is 0 Å². The molecule has 0 aliphatic carbocycles. The fourth-order valence-corrected chi connectivity index (χ4v) is 2.34. The van der Waals surface area contributed by atoms with E-state index in [2.05, 4.69) is 25.7 Å². The van der Waals surface area contributed by atoms with Gasteiger partial charge in [0.2, 0.25) is 0 Å². The number of carbonyl (C=O) groups is 1. The molecule has 0 bridgehead atoms. The van der Waals surface area contributed by atoms with E-state index in [0.29, 0.717) is 13.0 Å². The molecular formula is C18H24N8O. The number of amidine groups is 1. The smallest absolute Gasteiger partial charge is 0.251 e. The van der Waals surface area contributed by atoms with Crippen molar-refractivity contribution in [2.75, 3.05) is 20.6 Å². The fraction of sp³-hybridized carbons (Fsp3) is 0.222. The first-order valence-corrected chi connectivity index (χ1v) is 8.35. The summed E-state index contributed by atoms with van der Waals surface area (Å²) in [4.78, 5) is 23.6. The minimum absolute atomic E-state index is 0.203. The number of pyridine rings is 1. The van der Waals surface area contributed by atoms with Crippen LogP contribution in [0.4, 0.5) is 0 Å². The highest BCUT2D eigenvalue weighted by Crippen LogP contribution is 2.18. The maximum Gasteiger partial charge on any atom is 0.251 e. The predicted molar refractivity (Wildman–Crippen MR) is 104 cm³/mol. The van der Waals surface area contributed by atoms with Crippen molar-refractivity contribution in [2.45, 2.75) is 6.42 Å². The lowest BCUT2D eigenvalue weighted by atomic mass is 10.1. The molecule has 2 heterocycles. The summed E-state index contributed by atoms with van der Waals surface area (Å²) >= 11 is 0. The van der Waals surface area contributed by atoms with Crippen LogP contribution in [-0.4, -0.2) is 52.3 Å². The van der Waals surface area contributed by atoms with Crippen LogP contribution in [0.2, 0.25) is 0 Å². The number of aromatic nitrogens is 3. The molecule has 27 heavy (non-hydrogen) atoms. The second-order valence-electron chi connectivity index (χ2n) is 5.69. The fourth-order valence-electron chi connectivity index (χ4n) is 2.34. The van der Waals surface area contributed by atoms with Crippen LogP contribution in [0.5, 0.6) is 0 Å². The number of nitrogens with zero attached hydrogens (tertiary/aromatic N) is 3. The predicted octanol–water partition coefficient (Wildman–Crippen LogP) is 0.433. The first-order valence-electron chi connectivity index (χ1n) is 8.35. The Morgan fingerprint density at radius 2 is 2.07 bits per heavy atom.